The average molecular weight is 273 g/mol. The number of ether oxygens (including phenoxy) is 1. The van der Waals surface area contributed by atoms with Crippen LogP contribution in [-0.2, 0) is 4.79 Å². The molecule has 0 aliphatic rings. The third-order valence-electron chi connectivity index (χ3n) is 3.06. The normalized spacial score (nSPS) is 10.4. The highest BCUT2D eigenvalue weighted by Gasteiger charge is 2.00. The zero-order chi connectivity index (χ0) is 14.2. The first-order valence-electron chi connectivity index (χ1n) is 6.76. The van der Waals surface area contributed by atoms with E-state index in [0.29, 0.717) is 13.0 Å². The number of aromatic nitrogens is 1. The Bertz CT molecular complexity index is 572. The number of unbranched alkanes of at least 4 members (excludes halogenated alkanes) is 2. The van der Waals surface area contributed by atoms with Crippen molar-refractivity contribution in [2.24, 2.45) is 5.84 Å². The fourth-order valence-corrected chi connectivity index (χ4v) is 1.96. The van der Waals surface area contributed by atoms with E-state index in [4.69, 9.17) is 10.6 Å². The number of hydrogen-bond donors (Lipinski definition) is 2. The molecule has 2 aromatic rings. The van der Waals surface area contributed by atoms with Gasteiger partial charge in [0.2, 0.25) is 5.91 Å². The molecule has 3 N–H and O–H groups in total. The van der Waals surface area contributed by atoms with E-state index in [1.807, 2.05) is 30.3 Å². The Hall–Kier alpha value is -2.14. The fraction of sp³-hybridized carbons (Fsp3) is 0.333. The van der Waals surface area contributed by atoms with E-state index in [-0.39, 0.29) is 5.91 Å². The van der Waals surface area contributed by atoms with Gasteiger partial charge in [0.05, 0.1) is 12.1 Å². The van der Waals surface area contributed by atoms with Gasteiger partial charge in [-0.1, -0.05) is 6.07 Å². The number of nitrogens with two attached hydrogens (primary N) is 1. The van der Waals surface area contributed by atoms with Gasteiger partial charge < -0.3 is 4.74 Å². The van der Waals surface area contributed by atoms with E-state index in [0.717, 1.165) is 35.9 Å². The van der Waals surface area contributed by atoms with Crippen molar-refractivity contribution in [1.82, 2.24) is 10.4 Å². The summed E-state index contributed by atoms with van der Waals surface area (Å²) < 4.78 is 5.68. The van der Waals surface area contributed by atoms with Crippen molar-refractivity contribution in [1.29, 1.82) is 0 Å². The van der Waals surface area contributed by atoms with Crippen LogP contribution in [0.15, 0.2) is 36.5 Å². The minimum atomic E-state index is -0.119. The molecule has 0 fully saturated rings. The van der Waals surface area contributed by atoms with Crippen molar-refractivity contribution in [3.8, 4) is 5.75 Å². The summed E-state index contributed by atoms with van der Waals surface area (Å²) in [6.45, 7) is 0.641. The molecule has 20 heavy (non-hydrogen) atoms. The molecule has 0 radical (unpaired) electrons. The Labute approximate surface area is 118 Å². The van der Waals surface area contributed by atoms with Crippen LogP contribution >= 0.6 is 0 Å². The Morgan fingerprint density at radius 1 is 1.25 bits per heavy atom. The number of pyridine rings is 1. The largest absolute Gasteiger partial charge is 0.494 e. The lowest BCUT2D eigenvalue weighted by molar-refractivity contribution is -0.121. The number of carbonyl (C=O) groups is 1. The van der Waals surface area contributed by atoms with Gasteiger partial charge in [-0.2, -0.15) is 0 Å². The lowest BCUT2D eigenvalue weighted by Crippen LogP contribution is -2.29. The maximum atomic E-state index is 10.9. The maximum Gasteiger partial charge on any atom is 0.233 e. The average Bonchev–Trinajstić information content (AvgIpc) is 2.50. The second-order valence-corrected chi connectivity index (χ2v) is 4.58. The molecule has 0 aliphatic heterocycles. The van der Waals surface area contributed by atoms with Gasteiger partial charge in [-0.05, 0) is 37.5 Å². The highest BCUT2D eigenvalue weighted by Crippen LogP contribution is 2.19. The number of carbonyl (C=O) groups excluding carboxylic acids is 1. The summed E-state index contributed by atoms with van der Waals surface area (Å²) in [6, 6.07) is 9.83. The predicted molar refractivity (Wildman–Crippen MR) is 78.0 cm³/mol. The molecule has 0 bridgehead atoms. The molecule has 0 aliphatic carbocycles. The van der Waals surface area contributed by atoms with Gasteiger partial charge in [-0.25, -0.2) is 5.84 Å². The summed E-state index contributed by atoms with van der Waals surface area (Å²) in [5.41, 5.74) is 3.06. The summed E-state index contributed by atoms with van der Waals surface area (Å²) >= 11 is 0. The van der Waals surface area contributed by atoms with Gasteiger partial charge in [0, 0.05) is 24.1 Å². The number of fused-ring (bicyclic) bond motifs is 1. The van der Waals surface area contributed by atoms with Crippen LogP contribution in [0.1, 0.15) is 25.7 Å². The second kappa shape index (κ2) is 7.45. The SMILES string of the molecule is NNC(=O)CCCCCOc1ccc2cccnc2c1. The van der Waals surface area contributed by atoms with Gasteiger partial charge >= 0.3 is 0 Å². The van der Waals surface area contributed by atoms with E-state index < -0.39 is 0 Å². The number of benzene rings is 1. The molecule has 0 saturated heterocycles. The molecule has 2 rings (SSSR count). The van der Waals surface area contributed by atoms with Crippen LogP contribution in [0.4, 0.5) is 0 Å². The molecule has 0 atom stereocenters. The van der Waals surface area contributed by atoms with Crippen molar-refractivity contribution in [2.75, 3.05) is 6.61 Å². The molecule has 5 nitrogen and oxygen atoms in total. The number of nitrogens with one attached hydrogen (secondary N) is 1. The highest BCUT2D eigenvalue weighted by molar-refractivity contribution is 5.79. The second-order valence-electron chi connectivity index (χ2n) is 4.58. The molecule has 5 heteroatoms. The number of rotatable bonds is 7. The van der Waals surface area contributed by atoms with E-state index in [1.54, 1.807) is 6.20 Å². The molecule has 1 aromatic heterocycles. The first-order chi connectivity index (χ1) is 9.79. The molecule has 106 valence electrons. The highest BCUT2D eigenvalue weighted by atomic mass is 16.5. The van der Waals surface area contributed by atoms with Crippen LogP contribution in [0.5, 0.6) is 5.75 Å². The lowest BCUT2D eigenvalue weighted by atomic mass is 10.2. The zero-order valence-corrected chi connectivity index (χ0v) is 11.3. The van der Waals surface area contributed by atoms with Crippen molar-refractivity contribution in [2.45, 2.75) is 25.7 Å². The number of hydrazine groups is 1. The molecule has 0 unspecified atom stereocenters. The molecular weight excluding hydrogens is 254 g/mol. The first kappa shape index (κ1) is 14.3. The molecule has 1 amide bonds. The summed E-state index contributed by atoms with van der Waals surface area (Å²) in [5.74, 6) is 5.71. The molecule has 1 aromatic carbocycles. The Morgan fingerprint density at radius 3 is 3.00 bits per heavy atom. The summed E-state index contributed by atoms with van der Waals surface area (Å²) in [5, 5.41) is 1.10. The summed E-state index contributed by atoms with van der Waals surface area (Å²) in [7, 11) is 0. The van der Waals surface area contributed by atoms with Gasteiger partial charge in [0.1, 0.15) is 5.75 Å². The Morgan fingerprint density at radius 2 is 2.15 bits per heavy atom. The van der Waals surface area contributed by atoms with Gasteiger partial charge in [-0.3, -0.25) is 15.2 Å². The van der Waals surface area contributed by atoms with Crippen LogP contribution in [0.2, 0.25) is 0 Å². The third-order valence-corrected chi connectivity index (χ3v) is 3.06. The van der Waals surface area contributed by atoms with E-state index in [9.17, 15) is 4.79 Å². The van der Waals surface area contributed by atoms with Gasteiger partial charge in [0.15, 0.2) is 0 Å². The fourth-order valence-electron chi connectivity index (χ4n) is 1.96. The van der Waals surface area contributed by atoms with Gasteiger partial charge in [0.25, 0.3) is 0 Å². The molecule has 0 spiro atoms. The summed E-state index contributed by atoms with van der Waals surface area (Å²) in [6.07, 6.45) is 4.92. The monoisotopic (exact) mass is 273 g/mol. The molecule has 0 saturated carbocycles. The predicted octanol–water partition coefficient (Wildman–Crippen LogP) is 2.16. The first-order valence-corrected chi connectivity index (χ1v) is 6.76. The van der Waals surface area contributed by atoms with Crippen LogP contribution in [0.3, 0.4) is 0 Å². The quantitative estimate of drug-likeness (QED) is 0.351. The standard InChI is InChI=1S/C15H19N3O2/c16-18-15(19)6-2-1-3-10-20-13-8-7-12-5-4-9-17-14(12)11-13/h4-5,7-9,11H,1-3,6,10,16H2,(H,18,19). The van der Waals surface area contributed by atoms with Crippen molar-refractivity contribution in [3.05, 3.63) is 36.5 Å². The van der Waals surface area contributed by atoms with Crippen LogP contribution in [0, 0.1) is 0 Å². The Balaban J connectivity index is 1.72. The molecule has 1 heterocycles. The zero-order valence-electron chi connectivity index (χ0n) is 11.3. The minimum absolute atomic E-state index is 0.119. The maximum absolute atomic E-state index is 10.9. The van der Waals surface area contributed by atoms with Crippen molar-refractivity contribution < 1.29 is 9.53 Å². The lowest BCUT2D eigenvalue weighted by Gasteiger charge is -2.07. The topological polar surface area (TPSA) is 77.2 Å². The smallest absolute Gasteiger partial charge is 0.233 e. The minimum Gasteiger partial charge on any atom is -0.494 e. The van der Waals surface area contributed by atoms with E-state index in [1.165, 1.54) is 0 Å². The molecular formula is C15H19N3O2. The van der Waals surface area contributed by atoms with E-state index >= 15 is 0 Å². The number of amides is 1. The van der Waals surface area contributed by atoms with Crippen LogP contribution in [0.25, 0.3) is 10.9 Å². The third kappa shape index (κ3) is 4.20. The van der Waals surface area contributed by atoms with Crippen molar-refractivity contribution in [3.63, 3.8) is 0 Å². The summed E-state index contributed by atoms with van der Waals surface area (Å²) in [4.78, 5) is 15.2. The van der Waals surface area contributed by atoms with Crippen LogP contribution in [-0.4, -0.2) is 17.5 Å². The number of hydrogen-bond acceptors (Lipinski definition) is 4. The van der Waals surface area contributed by atoms with Gasteiger partial charge in [-0.15, -0.1) is 0 Å². The Kier molecular flexibility index (Phi) is 5.32. The van der Waals surface area contributed by atoms with E-state index in [2.05, 4.69) is 10.4 Å². The number of nitrogens with zero attached hydrogens (tertiary/aromatic N) is 1. The van der Waals surface area contributed by atoms with Crippen molar-refractivity contribution >= 4 is 16.8 Å². The van der Waals surface area contributed by atoms with Crippen LogP contribution < -0.4 is 16.0 Å².